The molecule has 0 saturated carbocycles. The van der Waals surface area contributed by atoms with Crippen LogP contribution in [0.3, 0.4) is 0 Å². The number of carbonyl (C=O) groups is 1. The standard InChI is InChI=1S/C23H35BFNO5/c1-21(2,3)29-20(27)26-12-8-9-16(14-26)15-28-19-13-17(10-11-18(19)25)24-30-22(4,5)23(6,7)31-24/h10-11,13,16H,8-9,12,14-15H2,1-7H3/t16-/m1/s1. The molecule has 2 saturated heterocycles. The zero-order valence-corrected chi connectivity index (χ0v) is 19.8. The molecule has 6 nitrogen and oxygen atoms in total. The average molecular weight is 435 g/mol. The van der Waals surface area contributed by atoms with Gasteiger partial charge in [0.05, 0.1) is 17.8 Å². The number of rotatable bonds is 4. The lowest BCUT2D eigenvalue weighted by Gasteiger charge is -2.34. The van der Waals surface area contributed by atoms with Crippen molar-refractivity contribution >= 4 is 18.7 Å². The van der Waals surface area contributed by atoms with Crippen LogP contribution in [-0.2, 0) is 14.0 Å². The highest BCUT2D eigenvalue weighted by atomic mass is 19.1. The van der Waals surface area contributed by atoms with Gasteiger partial charge in [-0.15, -0.1) is 0 Å². The molecule has 31 heavy (non-hydrogen) atoms. The summed E-state index contributed by atoms with van der Waals surface area (Å²) in [5, 5.41) is 0. The van der Waals surface area contributed by atoms with Crippen LogP contribution in [0.4, 0.5) is 9.18 Å². The highest BCUT2D eigenvalue weighted by Gasteiger charge is 2.51. The fourth-order valence-corrected chi connectivity index (χ4v) is 3.66. The van der Waals surface area contributed by atoms with Crippen LogP contribution in [0.5, 0.6) is 5.75 Å². The maximum absolute atomic E-state index is 14.4. The smallest absolute Gasteiger partial charge is 0.490 e. The molecular formula is C23H35BFNO5. The fourth-order valence-electron chi connectivity index (χ4n) is 3.66. The molecule has 0 N–H and O–H groups in total. The molecule has 2 fully saturated rings. The zero-order valence-electron chi connectivity index (χ0n) is 19.8. The summed E-state index contributed by atoms with van der Waals surface area (Å²) in [5.41, 5.74) is -0.757. The van der Waals surface area contributed by atoms with Crippen LogP contribution in [0.2, 0.25) is 0 Å². The Labute approximate surface area is 185 Å². The van der Waals surface area contributed by atoms with E-state index in [9.17, 15) is 9.18 Å². The number of hydrogen-bond acceptors (Lipinski definition) is 5. The summed E-state index contributed by atoms with van der Waals surface area (Å²) in [7, 11) is -0.578. The molecule has 0 aromatic heterocycles. The molecule has 0 radical (unpaired) electrons. The topological polar surface area (TPSA) is 57.2 Å². The van der Waals surface area contributed by atoms with E-state index >= 15 is 0 Å². The van der Waals surface area contributed by atoms with Crippen molar-refractivity contribution in [3.05, 3.63) is 24.0 Å². The molecule has 172 valence electrons. The SMILES string of the molecule is CC(C)(C)OC(=O)N1CCC[C@@H](COc2cc(B3OC(C)(C)C(C)(C)O3)ccc2F)C1. The van der Waals surface area contributed by atoms with Gasteiger partial charge in [0, 0.05) is 19.0 Å². The first-order chi connectivity index (χ1) is 14.3. The average Bonchev–Trinajstić information content (AvgIpc) is 2.87. The van der Waals surface area contributed by atoms with Crippen molar-refractivity contribution in [2.45, 2.75) is 78.1 Å². The van der Waals surface area contributed by atoms with E-state index in [1.54, 1.807) is 17.0 Å². The van der Waals surface area contributed by atoms with E-state index in [2.05, 4.69) is 0 Å². The summed E-state index contributed by atoms with van der Waals surface area (Å²) in [6.07, 6.45) is 1.47. The van der Waals surface area contributed by atoms with E-state index < -0.39 is 29.7 Å². The van der Waals surface area contributed by atoms with E-state index in [-0.39, 0.29) is 17.8 Å². The minimum atomic E-state index is -0.578. The number of amides is 1. The van der Waals surface area contributed by atoms with Gasteiger partial charge in [-0.05, 0) is 78.9 Å². The van der Waals surface area contributed by atoms with Gasteiger partial charge in [0.15, 0.2) is 11.6 Å². The first kappa shape index (κ1) is 23.9. The Morgan fingerprint density at radius 2 is 1.87 bits per heavy atom. The molecule has 0 unspecified atom stereocenters. The zero-order chi connectivity index (χ0) is 23.0. The molecule has 1 atom stereocenters. The Kier molecular flexibility index (Phi) is 6.64. The van der Waals surface area contributed by atoms with Crippen molar-refractivity contribution in [2.75, 3.05) is 19.7 Å². The quantitative estimate of drug-likeness (QED) is 0.666. The molecular weight excluding hydrogens is 400 g/mol. The molecule has 8 heteroatoms. The van der Waals surface area contributed by atoms with Crippen LogP contribution < -0.4 is 10.2 Å². The lowest BCUT2D eigenvalue weighted by molar-refractivity contribution is 0.00578. The van der Waals surface area contributed by atoms with Crippen LogP contribution >= 0.6 is 0 Å². The molecule has 2 aliphatic heterocycles. The monoisotopic (exact) mass is 435 g/mol. The second-order valence-electron chi connectivity index (χ2n) is 10.5. The van der Waals surface area contributed by atoms with Crippen LogP contribution in [0.25, 0.3) is 0 Å². The van der Waals surface area contributed by atoms with Crippen LogP contribution in [-0.4, -0.2) is 54.6 Å². The van der Waals surface area contributed by atoms with Crippen molar-refractivity contribution in [1.82, 2.24) is 4.90 Å². The van der Waals surface area contributed by atoms with Gasteiger partial charge < -0.3 is 23.7 Å². The van der Waals surface area contributed by atoms with Crippen LogP contribution in [0.15, 0.2) is 18.2 Å². The van der Waals surface area contributed by atoms with Gasteiger partial charge in [0.2, 0.25) is 0 Å². The van der Waals surface area contributed by atoms with Gasteiger partial charge in [0.25, 0.3) is 0 Å². The third-order valence-corrected chi connectivity index (χ3v) is 6.13. The molecule has 3 rings (SSSR count). The second-order valence-corrected chi connectivity index (χ2v) is 10.5. The van der Waals surface area contributed by atoms with E-state index in [1.165, 1.54) is 6.07 Å². The summed E-state index contributed by atoms with van der Waals surface area (Å²) in [5.74, 6) is -0.150. The number of carbonyl (C=O) groups excluding carboxylic acids is 1. The van der Waals surface area contributed by atoms with Gasteiger partial charge in [-0.3, -0.25) is 0 Å². The number of benzene rings is 1. The number of nitrogens with zero attached hydrogens (tertiary/aromatic N) is 1. The third-order valence-electron chi connectivity index (χ3n) is 6.13. The molecule has 1 amide bonds. The minimum Gasteiger partial charge on any atom is -0.490 e. The highest BCUT2D eigenvalue weighted by Crippen LogP contribution is 2.36. The van der Waals surface area contributed by atoms with Gasteiger partial charge in [0.1, 0.15) is 5.60 Å². The predicted octanol–water partition coefficient (Wildman–Crippen LogP) is 4.15. The van der Waals surface area contributed by atoms with Crippen molar-refractivity contribution in [1.29, 1.82) is 0 Å². The van der Waals surface area contributed by atoms with Gasteiger partial charge in [-0.25, -0.2) is 9.18 Å². The Balaban J connectivity index is 1.62. The van der Waals surface area contributed by atoms with Gasteiger partial charge in [-0.2, -0.15) is 0 Å². The Bertz CT molecular complexity index is 792. The summed E-state index contributed by atoms with van der Waals surface area (Å²) >= 11 is 0. The van der Waals surface area contributed by atoms with Gasteiger partial charge >= 0.3 is 13.2 Å². The Morgan fingerprint density at radius 1 is 1.23 bits per heavy atom. The summed E-state index contributed by atoms with van der Waals surface area (Å²) < 4.78 is 37.9. The summed E-state index contributed by atoms with van der Waals surface area (Å²) in [6.45, 7) is 15.0. The number of piperidine rings is 1. The normalized spacial score (nSPS) is 23.0. The Hall–Kier alpha value is -1.80. The van der Waals surface area contributed by atoms with E-state index in [1.807, 2.05) is 48.5 Å². The first-order valence-corrected chi connectivity index (χ1v) is 11.0. The van der Waals surface area contributed by atoms with Gasteiger partial charge in [-0.1, -0.05) is 6.07 Å². The summed E-state index contributed by atoms with van der Waals surface area (Å²) in [6, 6.07) is 4.69. The molecule has 2 aliphatic rings. The Morgan fingerprint density at radius 3 is 2.48 bits per heavy atom. The van der Waals surface area contributed by atoms with E-state index in [0.29, 0.717) is 25.2 Å². The molecule has 0 aliphatic carbocycles. The maximum Gasteiger partial charge on any atom is 0.494 e. The van der Waals surface area contributed by atoms with Crippen molar-refractivity contribution in [3.8, 4) is 5.75 Å². The fraction of sp³-hybridized carbons (Fsp3) is 0.696. The van der Waals surface area contributed by atoms with Crippen molar-refractivity contribution in [3.63, 3.8) is 0 Å². The van der Waals surface area contributed by atoms with Crippen LogP contribution in [0.1, 0.15) is 61.3 Å². The van der Waals surface area contributed by atoms with Crippen molar-refractivity contribution in [2.24, 2.45) is 5.92 Å². The lowest BCUT2D eigenvalue weighted by Crippen LogP contribution is -2.44. The number of ether oxygens (including phenoxy) is 2. The maximum atomic E-state index is 14.4. The number of likely N-dealkylation sites (tertiary alicyclic amines) is 1. The predicted molar refractivity (Wildman–Crippen MR) is 118 cm³/mol. The molecule has 1 aromatic carbocycles. The highest BCUT2D eigenvalue weighted by molar-refractivity contribution is 6.62. The lowest BCUT2D eigenvalue weighted by atomic mass is 9.79. The minimum absolute atomic E-state index is 0.112. The molecule has 0 bridgehead atoms. The number of hydrogen-bond donors (Lipinski definition) is 0. The molecule has 0 spiro atoms. The largest absolute Gasteiger partial charge is 0.494 e. The van der Waals surface area contributed by atoms with E-state index in [0.717, 1.165) is 12.8 Å². The van der Waals surface area contributed by atoms with Crippen molar-refractivity contribution < 1.29 is 28.0 Å². The second kappa shape index (κ2) is 8.62. The molecule has 2 heterocycles. The van der Waals surface area contributed by atoms with Crippen LogP contribution in [0, 0.1) is 11.7 Å². The number of halogens is 1. The molecule has 1 aromatic rings. The third kappa shape index (κ3) is 5.72. The first-order valence-electron chi connectivity index (χ1n) is 11.0. The summed E-state index contributed by atoms with van der Waals surface area (Å²) in [4.78, 5) is 14.1. The van der Waals surface area contributed by atoms with E-state index in [4.69, 9.17) is 18.8 Å².